The van der Waals surface area contributed by atoms with Crippen LogP contribution in [0.15, 0.2) is 44.7 Å². The minimum atomic E-state index is -0.164. The Morgan fingerprint density at radius 2 is 1.11 bits per heavy atom. The third-order valence-corrected chi connectivity index (χ3v) is 1.76. The van der Waals surface area contributed by atoms with Gasteiger partial charge in [-0.25, -0.2) is 0 Å². The highest BCUT2D eigenvalue weighted by Crippen LogP contribution is 2.23. The zero-order chi connectivity index (χ0) is 13.8. The largest absolute Gasteiger partial charge is 0.183 e. The first-order chi connectivity index (χ1) is 8.16. The summed E-state index contributed by atoms with van der Waals surface area (Å²) in [6.07, 6.45) is 0. The van der Waals surface area contributed by atoms with E-state index in [1.807, 2.05) is 65.8 Å². The Labute approximate surface area is 109 Å². The summed E-state index contributed by atoms with van der Waals surface area (Å²) in [7, 11) is 0. The third-order valence-electron chi connectivity index (χ3n) is 1.76. The van der Waals surface area contributed by atoms with Gasteiger partial charge in [-0.05, 0) is 59.7 Å². The predicted octanol–water partition coefficient (Wildman–Crippen LogP) is 5.45. The van der Waals surface area contributed by atoms with Crippen molar-refractivity contribution in [2.45, 2.75) is 52.6 Å². The van der Waals surface area contributed by atoms with Gasteiger partial charge in [-0.15, -0.1) is 0 Å². The molecule has 0 saturated heterocycles. The molecule has 0 spiro atoms. The van der Waals surface area contributed by atoms with Gasteiger partial charge in [0.25, 0.3) is 0 Å². The quantitative estimate of drug-likeness (QED) is 0.623. The Bertz CT molecular complexity index is 408. The maximum Gasteiger partial charge on any atom is 0.0874 e. The summed E-state index contributed by atoms with van der Waals surface area (Å²) < 4.78 is 0. The van der Waals surface area contributed by atoms with Crippen LogP contribution in [0.2, 0.25) is 0 Å². The average Bonchev–Trinajstić information content (AvgIpc) is 2.22. The van der Waals surface area contributed by atoms with E-state index in [0.29, 0.717) is 0 Å². The Morgan fingerprint density at radius 1 is 0.722 bits per heavy atom. The first kappa shape index (κ1) is 14.5. The van der Waals surface area contributed by atoms with Gasteiger partial charge in [-0.2, -0.15) is 20.5 Å². The number of azo groups is 2. The molecule has 0 N–H and O–H groups in total. The molecule has 0 bridgehead atoms. The van der Waals surface area contributed by atoms with E-state index < -0.39 is 0 Å². The molecule has 18 heavy (non-hydrogen) atoms. The maximum absolute atomic E-state index is 4.23. The second-order valence-electron chi connectivity index (χ2n) is 6.26. The van der Waals surface area contributed by atoms with E-state index in [2.05, 4.69) is 20.5 Å². The van der Waals surface area contributed by atoms with E-state index in [1.54, 1.807) is 0 Å². The van der Waals surface area contributed by atoms with Crippen molar-refractivity contribution in [3.05, 3.63) is 24.3 Å². The van der Waals surface area contributed by atoms with E-state index in [-0.39, 0.29) is 11.1 Å². The zero-order valence-electron chi connectivity index (χ0n) is 12.1. The van der Waals surface area contributed by atoms with E-state index in [1.165, 1.54) is 0 Å². The molecule has 1 aromatic rings. The highest BCUT2D eigenvalue weighted by Gasteiger charge is 2.07. The first-order valence-electron chi connectivity index (χ1n) is 6.12. The molecule has 0 heterocycles. The van der Waals surface area contributed by atoms with Crippen molar-refractivity contribution < 1.29 is 0 Å². The fourth-order valence-corrected chi connectivity index (χ4v) is 1.03. The van der Waals surface area contributed by atoms with Gasteiger partial charge in [0.1, 0.15) is 0 Å². The molecule has 4 nitrogen and oxygen atoms in total. The molecule has 0 fully saturated rings. The molecule has 0 amide bonds. The molecule has 0 aliphatic heterocycles. The van der Waals surface area contributed by atoms with Crippen LogP contribution in [0.3, 0.4) is 0 Å². The van der Waals surface area contributed by atoms with Crippen molar-refractivity contribution in [3.63, 3.8) is 0 Å². The molecule has 0 aliphatic carbocycles. The predicted molar refractivity (Wildman–Crippen MR) is 75.0 cm³/mol. The number of benzene rings is 1. The number of hydrogen-bond donors (Lipinski definition) is 0. The molecule has 0 aliphatic rings. The molecule has 0 saturated carbocycles. The SMILES string of the molecule is CC(C)(C)N=Nc1cccc(N=NC(C)(C)C)c1. The summed E-state index contributed by atoms with van der Waals surface area (Å²) >= 11 is 0. The summed E-state index contributed by atoms with van der Waals surface area (Å²) in [5, 5.41) is 16.9. The van der Waals surface area contributed by atoms with Crippen LogP contribution in [0.1, 0.15) is 41.5 Å². The van der Waals surface area contributed by atoms with Crippen molar-refractivity contribution in [1.29, 1.82) is 0 Å². The van der Waals surface area contributed by atoms with Gasteiger partial charge in [0.15, 0.2) is 0 Å². The summed E-state index contributed by atoms with van der Waals surface area (Å²) in [5.41, 5.74) is 1.27. The fourth-order valence-electron chi connectivity index (χ4n) is 1.03. The Hall–Kier alpha value is -1.58. The molecule has 98 valence electrons. The monoisotopic (exact) mass is 246 g/mol. The number of nitrogens with zero attached hydrogens (tertiary/aromatic N) is 4. The molecule has 4 heteroatoms. The standard InChI is InChI=1S/C14H22N4/c1-13(2,3)17-15-11-8-7-9-12(10-11)16-18-14(4,5)6/h7-10H,1-6H3. The second-order valence-corrected chi connectivity index (χ2v) is 6.26. The number of hydrogen-bond acceptors (Lipinski definition) is 4. The van der Waals surface area contributed by atoms with E-state index >= 15 is 0 Å². The van der Waals surface area contributed by atoms with Crippen LogP contribution < -0.4 is 0 Å². The van der Waals surface area contributed by atoms with Gasteiger partial charge >= 0.3 is 0 Å². The van der Waals surface area contributed by atoms with Gasteiger partial charge in [-0.1, -0.05) is 6.07 Å². The summed E-state index contributed by atoms with van der Waals surface area (Å²) in [6, 6.07) is 7.61. The summed E-state index contributed by atoms with van der Waals surface area (Å²) in [4.78, 5) is 0. The van der Waals surface area contributed by atoms with Gasteiger partial charge in [0, 0.05) is 0 Å². The highest BCUT2D eigenvalue weighted by atomic mass is 15.2. The summed E-state index contributed by atoms with van der Waals surface area (Å²) in [5.74, 6) is 0. The van der Waals surface area contributed by atoms with Crippen LogP contribution in [-0.2, 0) is 0 Å². The Balaban J connectivity index is 2.87. The van der Waals surface area contributed by atoms with E-state index in [9.17, 15) is 0 Å². The van der Waals surface area contributed by atoms with Crippen molar-refractivity contribution in [2.24, 2.45) is 20.5 Å². The van der Waals surface area contributed by atoms with Gasteiger partial charge < -0.3 is 0 Å². The number of rotatable bonds is 2. The molecule has 0 aromatic heterocycles. The van der Waals surface area contributed by atoms with Crippen LogP contribution >= 0.6 is 0 Å². The maximum atomic E-state index is 4.23. The lowest BCUT2D eigenvalue weighted by Crippen LogP contribution is -2.07. The van der Waals surface area contributed by atoms with Crippen molar-refractivity contribution in [2.75, 3.05) is 0 Å². The molecule has 0 radical (unpaired) electrons. The fraction of sp³-hybridized carbons (Fsp3) is 0.571. The molecular weight excluding hydrogens is 224 g/mol. The lowest BCUT2D eigenvalue weighted by molar-refractivity contribution is 0.551. The molecule has 0 atom stereocenters. The zero-order valence-corrected chi connectivity index (χ0v) is 12.1. The highest BCUT2D eigenvalue weighted by molar-refractivity contribution is 5.49. The van der Waals surface area contributed by atoms with Gasteiger partial charge in [0.05, 0.1) is 22.5 Å². The van der Waals surface area contributed by atoms with Crippen molar-refractivity contribution >= 4 is 11.4 Å². The average molecular weight is 246 g/mol. The third kappa shape index (κ3) is 6.23. The normalized spacial score (nSPS) is 13.7. The van der Waals surface area contributed by atoms with Crippen LogP contribution in [0.4, 0.5) is 11.4 Å². The van der Waals surface area contributed by atoms with Crippen LogP contribution in [-0.4, -0.2) is 11.1 Å². The molecule has 1 rings (SSSR count). The van der Waals surface area contributed by atoms with Crippen molar-refractivity contribution in [3.8, 4) is 0 Å². The van der Waals surface area contributed by atoms with E-state index in [0.717, 1.165) is 11.4 Å². The summed E-state index contributed by atoms with van der Waals surface area (Å²) in [6.45, 7) is 12.1. The minimum absolute atomic E-state index is 0.164. The lowest BCUT2D eigenvalue weighted by Gasteiger charge is -2.09. The van der Waals surface area contributed by atoms with Gasteiger partial charge in [-0.3, -0.25) is 0 Å². The lowest BCUT2D eigenvalue weighted by atomic mass is 10.1. The van der Waals surface area contributed by atoms with Crippen LogP contribution in [0, 0.1) is 0 Å². The smallest absolute Gasteiger partial charge is 0.0874 e. The topological polar surface area (TPSA) is 49.4 Å². The second kappa shape index (κ2) is 5.38. The minimum Gasteiger partial charge on any atom is -0.183 e. The van der Waals surface area contributed by atoms with Gasteiger partial charge in [0.2, 0.25) is 0 Å². The molecule has 1 aromatic carbocycles. The Morgan fingerprint density at radius 3 is 1.44 bits per heavy atom. The van der Waals surface area contributed by atoms with E-state index in [4.69, 9.17) is 0 Å². The Kier molecular flexibility index (Phi) is 4.33. The molecular formula is C14H22N4. The van der Waals surface area contributed by atoms with Crippen LogP contribution in [0.25, 0.3) is 0 Å². The molecule has 0 unspecified atom stereocenters. The van der Waals surface area contributed by atoms with Crippen molar-refractivity contribution in [1.82, 2.24) is 0 Å². The first-order valence-corrected chi connectivity index (χ1v) is 6.12. The van der Waals surface area contributed by atoms with Crippen LogP contribution in [0.5, 0.6) is 0 Å².